The Balaban J connectivity index is 1.79. The van der Waals surface area contributed by atoms with Crippen molar-refractivity contribution < 1.29 is 9.18 Å². The number of carbonyl (C=O) groups excluding carboxylic acids is 1. The Hall–Kier alpha value is -2.16. The Labute approximate surface area is 125 Å². The molecule has 21 heavy (non-hydrogen) atoms. The number of hydrogen-bond acceptors (Lipinski definition) is 1. The van der Waals surface area contributed by atoms with Gasteiger partial charge in [0, 0.05) is 5.56 Å². The number of nitrogens with one attached hydrogen (secondary N) is 1. The molecule has 1 atom stereocenters. The minimum absolute atomic E-state index is 0.210. The minimum atomic E-state index is -0.534. The van der Waals surface area contributed by atoms with E-state index in [1.165, 1.54) is 5.56 Å². The summed E-state index contributed by atoms with van der Waals surface area (Å²) in [7, 11) is 0. The molecule has 0 aliphatic heterocycles. The Morgan fingerprint density at radius 1 is 1.00 bits per heavy atom. The van der Waals surface area contributed by atoms with Crippen LogP contribution in [0.15, 0.2) is 60.7 Å². The van der Waals surface area contributed by atoms with E-state index >= 15 is 0 Å². The lowest BCUT2D eigenvalue weighted by molar-refractivity contribution is 0.0927. The van der Waals surface area contributed by atoms with Crippen LogP contribution in [-0.2, 0) is 6.42 Å². The molecule has 0 aliphatic carbocycles. The van der Waals surface area contributed by atoms with Gasteiger partial charge >= 0.3 is 0 Å². The van der Waals surface area contributed by atoms with E-state index in [-0.39, 0.29) is 5.91 Å². The largest absolute Gasteiger partial charge is 0.347 e. The van der Waals surface area contributed by atoms with E-state index < -0.39 is 12.7 Å². The normalized spacial score (nSPS) is 11.9. The molecule has 110 valence electrons. The van der Waals surface area contributed by atoms with Crippen molar-refractivity contribution in [3.8, 4) is 0 Å². The van der Waals surface area contributed by atoms with Crippen molar-refractivity contribution in [2.75, 3.05) is 6.67 Å². The maximum Gasteiger partial charge on any atom is 0.251 e. The van der Waals surface area contributed by atoms with E-state index in [1.54, 1.807) is 24.3 Å². The highest BCUT2D eigenvalue weighted by Crippen LogP contribution is 2.08. The number of rotatable bonds is 7. The van der Waals surface area contributed by atoms with Gasteiger partial charge in [-0.25, -0.2) is 4.39 Å². The fourth-order valence-corrected chi connectivity index (χ4v) is 2.24. The van der Waals surface area contributed by atoms with Crippen molar-refractivity contribution in [2.45, 2.75) is 25.3 Å². The van der Waals surface area contributed by atoms with Crippen molar-refractivity contribution in [1.29, 1.82) is 0 Å². The van der Waals surface area contributed by atoms with Crippen LogP contribution in [-0.4, -0.2) is 18.6 Å². The molecule has 0 fully saturated rings. The number of alkyl halides is 1. The highest BCUT2D eigenvalue weighted by atomic mass is 19.1. The third-order valence-electron chi connectivity index (χ3n) is 3.42. The van der Waals surface area contributed by atoms with Gasteiger partial charge in [-0.1, -0.05) is 48.5 Å². The van der Waals surface area contributed by atoms with E-state index in [2.05, 4.69) is 17.4 Å². The molecule has 2 aromatic carbocycles. The van der Waals surface area contributed by atoms with Crippen LogP contribution in [0.1, 0.15) is 28.8 Å². The maximum absolute atomic E-state index is 13.0. The molecule has 1 amide bonds. The van der Waals surface area contributed by atoms with Crippen LogP contribution < -0.4 is 5.32 Å². The van der Waals surface area contributed by atoms with Crippen molar-refractivity contribution in [3.05, 3.63) is 71.8 Å². The summed E-state index contributed by atoms with van der Waals surface area (Å²) < 4.78 is 13.0. The summed E-state index contributed by atoms with van der Waals surface area (Å²) in [6.07, 6.45) is 2.40. The molecule has 0 radical (unpaired) electrons. The Morgan fingerprint density at radius 3 is 2.24 bits per heavy atom. The quantitative estimate of drug-likeness (QED) is 0.824. The predicted molar refractivity (Wildman–Crippen MR) is 83.1 cm³/mol. The first-order valence-electron chi connectivity index (χ1n) is 7.25. The summed E-state index contributed by atoms with van der Waals surface area (Å²) in [6.45, 7) is -0.534. The first kappa shape index (κ1) is 15.2. The zero-order valence-corrected chi connectivity index (χ0v) is 12.0. The van der Waals surface area contributed by atoms with Crippen molar-refractivity contribution in [2.24, 2.45) is 0 Å². The van der Waals surface area contributed by atoms with Crippen molar-refractivity contribution in [3.63, 3.8) is 0 Å². The van der Waals surface area contributed by atoms with Gasteiger partial charge in [0.15, 0.2) is 0 Å². The summed E-state index contributed by atoms with van der Waals surface area (Å²) in [6, 6.07) is 18.6. The van der Waals surface area contributed by atoms with Crippen molar-refractivity contribution in [1.82, 2.24) is 5.32 Å². The topological polar surface area (TPSA) is 29.1 Å². The third kappa shape index (κ3) is 5.03. The summed E-state index contributed by atoms with van der Waals surface area (Å²) >= 11 is 0. The molecule has 2 aromatic rings. The number of benzene rings is 2. The summed E-state index contributed by atoms with van der Waals surface area (Å²) in [5.41, 5.74) is 1.81. The highest BCUT2D eigenvalue weighted by Gasteiger charge is 2.13. The molecule has 0 saturated heterocycles. The van der Waals surface area contributed by atoms with Gasteiger partial charge in [-0.05, 0) is 37.0 Å². The number of aryl methyl sites for hydroxylation is 1. The minimum Gasteiger partial charge on any atom is -0.347 e. The van der Waals surface area contributed by atoms with Crippen LogP contribution >= 0.6 is 0 Å². The molecular formula is C18H20FNO. The summed E-state index contributed by atoms with van der Waals surface area (Å²) in [5.74, 6) is -0.210. The molecule has 0 unspecified atom stereocenters. The molecule has 0 heterocycles. The second kappa shape index (κ2) is 8.20. The second-order valence-electron chi connectivity index (χ2n) is 5.07. The lowest BCUT2D eigenvalue weighted by Gasteiger charge is -2.15. The number of hydrogen-bond donors (Lipinski definition) is 1. The van der Waals surface area contributed by atoms with E-state index in [0.717, 1.165) is 12.8 Å². The van der Waals surface area contributed by atoms with Gasteiger partial charge in [0.25, 0.3) is 5.91 Å². The molecule has 3 heteroatoms. The van der Waals surface area contributed by atoms with Gasteiger partial charge < -0.3 is 5.32 Å². The predicted octanol–water partition coefficient (Wildman–Crippen LogP) is 3.78. The number of carbonyl (C=O) groups is 1. The van der Waals surface area contributed by atoms with Crippen LogP contribution in [0.25, 0.3) is 0 Å². The average Bonchev–Trinajstić information content (AvgIpc) is 2.55. The maximum atomic E-state index is 13.0. The van der Waals surface area contributed by atoms with Crippen LogP contribution in [0.5, 0.6) is 0 Å². The zero-order chi connectivity index (χ0) is 14.9. The van der Waals surface area contributed by atoms with Crippen LogP contribution in [0.4, 0.5) is 4.39 Å². The van der Waals surface area contributed by atoms with E-state index in [9.17, 15) is 9.18 Å². The second-order valence-corrected chi connectivity index (χ2v) is 5.07. The van der Waals surface area contributed by atoms with Gasteiger partial charge in [0.2, 0.25) is 0 Å². The van der Waals surface area contributed by atoms with Gasteiger partial charge in [0.1, 0.15) is 6.67 Å². The Bertz CT molecular complexity index is 542. The molecule has 2 rings (SSSR count). The van der Waals surface area contributed by atoms with E-state index in [0.29, 0.717) is 12.0 Å². The smallest absolute Gasteiger partial charge is 0.251 e. The Morgan fingerprint density at radius 2 is 1.62 bits per heavy atom. The third-order valence-corrected chi connectivity index (χ3v) is 3.42. The van der Waals surface area contributed by atoms with Crippen LogP contribution in [0.3, 0.4) is 0 Å². The van der Waals surface area contributed by atoms with E-state index in [4.69, 9.17) is 0 Å². The highest BCUT2D eigenvalue weighted by molar-refractivity contribution is 5.94. The van der Waals surface area contributed by atoms with Crippen LogP contribution in [0.2, 0.25) is 0 Å². The molecular weight excluding hydrogens is 265 g/mol. The lowest BCUT2D eigenvalue weighted by Crippen LogP contribution is -2.36. The first-order valence-corrected chi connectivity index (χ1v) is 7.25. The Kier molecular flexibility index (Phi) is 5.95. The molecule has 0 saturated carbocycles. The molecule has 1 N–H and O–H groups in total. The summed E-state index contributed by atoms with van der Waals surface area (Å²) in [5, 5.41) is 2.76. The molecule has 0 bridgehead atoms. The fraction of sp³-hybridized carbons (Fsp3) is 0.278. The van der Waals surface area contributed by atoms with Gasteiger partial charge in [-0.15, -0.1) is 0 Å². The van der Waals surface area contributed by atoms with E-state index in [1.807, 2.05) is 24.3 Å². The molecule has 2 nitrogen and oxygen atoms in total. The fourth-order valence-electron chi connectivity index (χ4n) is 2.24. The van der Waals surface area contributed by atoms with Crippen LogP contribution in [0, 0.1) is 0 Å². The number of amides is 1. The zero-order valence-electron chi connectivity index (χ0n) is 12.0. The monoisotopic (exact) mass is 285 g/mol. The van der Waals surface area contributed by atoms with Crippen molar-refractivity contribution >= 4 is 5.91 Å². The van der Waals surface area contributed by atoms with Gasteiger partial charge in [0.05, 0.1) is 6.04 Å². The van der Waals surface area contributed by atoms with Gasteiger partial charge in [-0.3, -0.25) is 4.79 Å². The molecule has 0 aromatic heterocycles. The standard InChI is InChI=1S/C18H20FNO/c19-14-17(13-7-10-15-8-3-1-4-9-15)20-18(21)16-11-5-2-6-12-16/h1-6,8-9,11-12,17H,7,10,13-14H2,(H,20,21)/t17-/m0/s1. The van der Waals surface area contributed by atoms with Gasteiger partial charge in [-0.2, -0.15) is 0 Å². The SMILES string of the molecule is O=C(N[C@H](CF)CCCc1ccccc1)c1ccccc1. The average molecular weight is 285 g/mol. The summed E-state index contributed by atoms with van der Waals surface area (Å²) in [4.78, 5) is 12.0. The lowest BCUT2D eigenvalue weighted by atomic mass is 10.0. The first-order chi connectivity index (χ1) is 10.3. The molecule has 0 aliphatic rings. The molecule has 0 spiro atoms. The number of halogens is 1.